The van der Waals surface area contributed by atoms with E-state index in [-0.39, 0.29) is 21.9 Å². The molecule has 0 radical (unpaired) electrons. The quantitative estimate of drug-likeness (QED) is 0.564. The van der Waals surface area contributed by atoms with Crippen molar-refractivity contribution in [2.45, 2.75) is 6.92 Å². The highest BCUT2D eigenvalue weighted by atomic mass is 32.1. The summed E-state index contributed by atoms with van der Waals surface area (Å²) < 4.78 is 5.13. The second-order valence-corrected chi connectivity index (χ2v) is 6.98. The van der Waals surface area contributed by atoms with E-state index in [0.29, 0.717) is 22.0 Å². The molecule has 1 amide bonds. The van der Waals surface area contributed by atoms with Crippen LogP contribution in [0.5, 0.6) is 5.75 Å². The van der Waals surface area contributed by atoms with Gasteiger partial charge in [0.25, 0.3) is 5.91 Å². The summed E-state index contributed by atoms with van der Waals surface area (Å²) in [5.74, 6) is -0.234. The SMILES string of the molecule is COc1ccc(Nc2sc(C(=O)c3ccc(C)cc3)c(N)c2C(N)=O)cc1. The van der Waals surface area contributed by atoms with E-state index in [2.05, 4.69) is 5.32 Å². The molecular formula is C20H19N3O3S. The van der Waals surface area contributed by atoms with Gasteiger partial charge < -0.3 is 21.5 Å². The molecule has 0 spiro atoms. The predicted octanol–water partition coefficient (Wildman–Crippen LogP) is 3.72. The van der Waals surface area contributed by atoms with Crippen LogP contribution in [-0.2, 0) is 0 Å². The van der Waals surface area contributed by atoms with Gasteiger partial charge in [-0.25, -0.2) is 0 Å². The number of benzene rings is 2. The van der Waals surface area contributed by atoms with Crippen molar-refractivity contribution in [2.75, 3.05) is 18.2 Å². The Morgan fingerprint density at radius 2 is 1.67 bits per heavy atom. The lowest BCUT2D eigenvalue weighted by Crippen LogP contribution is -2.14. The highest BCUT2D eigenvalue weighted by Gasteiger charge is 2.25. The number of nitrogen functional groups attached to an aromatic ring is 1. The van der Waals surface area contributed by atoms with Crippen LogP contribution in [-0.4, -0.2) is 18.8 Å². The molecule has 1 heterocycles. The Hall–Kier alpha value is -3.32. The van der Waals surface area contributed by atoms with Crippen molar-refractivity contribution >= 4 is 39.4 Å². The van der Waals surface area contributed by atoms with Crippen LogP contribution in [0.15, 0.2) is 48.5 Å². The van der Waals surface area contributed by atoms with E-state index in [1.54, 1.807) is 43.5 Å². The lowest BCUT2D eigenvalue weighted by Gasteiger charge is -2.07. The van der Waals surface area contributed by atoms with Gasteiger partial charge in [-0.2, -0.15) is 0 Å². The topological polar surface area (TPSA) is 107 Å². The standard InChI is InChI=1S/C20H19N3O3S/c1-11-3-5-12(6-4-11)17(24)18-16(21)15(19(22)25)20(27-18)23-13-7-9-14(26-2)10-8-13/h3-10,23H,21H2,1-2H3,(H2,22,25). The van der Waals surface area contributed by atoms with Gasteiger partial charge in [-0.15, -0.1) is 11.3 Å². The monoisotopic (exact) mass is 381 g/mol. The van der Waals surface area contributed by atoms with Gasteiger partial charge in [-0.05, 0) is 31.2 Å². The number of methoxy groups -OCH3 is 1. The summed E-state index contributed by atoms with van der Waals surface area (Å²) >= 11 is 1.11. The van der Waals surface area contributed by atoms with E-state index >= 15 is 0 Å². The van der Waals surface area contributed by atoms with E-state index < -0.39 is 5.91 Å². The molecule has 0 fully saturated rings. The van der Waals surface area contributed by atoms with Gasteiger partial charge in [0.05, 0.1) is 18.4 Å². The Labute approximate surface area is 160 Å². The molecule has 7 heteroatoms. The molecule has 0 aliphatic rings. The van der Waals surface area contributed by atoms with Gasteiger partial charge in [-0.1, -0.05) is 29.8 Å². The van der Waals surface area contributed by atoms with Gasteiger partial charge in [-0.3, -0.25) is 9.59 Å². The number of thiophene rings is 1. The van der Waals surface area contributed by atoms with E-state index in [4.69, 9.17) is 16.2 Å². The zero-order chi connectivity index (χ0) is 19.6. The zero-order valence-corrected chi connectivity index (χ0v) is 15.7. The van der Waals surface area contributed by atoms with Crippen molar-refractivity contribution in [2.24, 2.45) is 5.73 Å². The van der Waals surface area contributed by atoms with E-state index in [1.165, 1.54) is 0 Å². The normalized spacial score (nSPS) is 10.4. The molecule has 1 aromatic heterocycles. The van der Waals surface area contributed by atoms with Crippen molar-refractivity contribution < 1.29 is 14.3 Å². The van der Waals surface area contributed by atoms with Crippen LogP contribution in [0.1, 0.15) is 31.2 Å². The number of ether oxygens (including phenoxy) is 1. The van der Waals surface area contributed by atoms with Crippen molar-refractivity contribution in [3.8, 4) is 5.75 Å². The van der Waals surface area contributed by atoms with Gasteiger partial charge in [0, 0.05) is 11.3 Å². The van der Waals surface area contributed by atoms with Crippen molar-refractivity contribution in [3.05, 3.63) is 70.1 Å². The summed E-state index contributed by atoms with van der Waals surface area (Å²) in [6, 6.07) is 14.3. The second-order valence-electron chi connectivity index (χ2n) is 5.96. The Kier molecular flexibility index (Phi) is 5.14. The number of anilines is 3. The second kappa shape index (κ2) is 7.51. The molecule has 138 valence electrons. The van der Waals surface area contributed by atoms with Crippen LogP contribution < -0.4 is 21.5 Å². The molecular weight excluding hydrogens is 362 g/mol. The number of primary amides is 1. The maximum Gasteiger partial charge on any atom is 0.253 e. The fraction of sp³-hybridized carbons (Fsp3) is 0.100. The highest BCUT2D eigenvalue weighted by molar-refractivity contribution is 7.19. The highest BCUT2D eigenvalue weighted by Crippen LogP contribution is 2.38. The lowest BCUT2D eigenvalue weighted by atomic mass is 10.1. The number of hydrogen-bond donors (Lipinski definition) is 3. The summed E-state index contributed by atoms with van der Waals surface area (Å²) in [6.07, 6.45) is 0. The fourth-order valence-corrected chi connectivity index (χ4v) is 3.69. The average Bonchev–Trinajstić information content (AvgIpc) is 2.98. The summed E-state index contributed by atoms with van der Waals surface area (Å²) in [7, 11) is 1.58. The molecule has 0 unspecified atom stereocenters. The number of ketones is 1. The number of carbonyl (C=O) groups is 2. The third-order valence-corrected chi connectivity index (χ3v) is 5.18. The van der Waals surface area contributed by atoms with Crippen LogP contribution in [0.4, 0.5) is 16.4 Å². The number of hydrogen-bond acceptors (Lipinski definition) is 6. The average molecular weight is 381 g/mol. The zero-order valence-electron chi connectivity index (χ0n) is 14.9. The summed E-state index contributed by atoms with van der Waals surface area (Å²) in [5, 5.41) is 3.54. The van der Waals surface area contributed by atoms with Crippen molar-refractivity contribution in [1.29, 1.82) is 0 Å². The first-order valence-electron chi connectivity index (χ1n) is 8.15. The van der Waals surface area contributed by atoms with Gasteiger partial charge in [0.1, 0.15) is 15.6 Å². The number of aryl methyl sites for hydroxylation is 1. The van der Waals surface area contributed by atoms with Crippen LogP contribution in [0, 0.1) is 6.92 Å². The first-order valence-corrected chi connectivity index (χ1v) is 8.97. The number of carbonyl (C=O) groups excluding carboxylic acids is 2. The smallest absolute Gasteiger partial charge is 0.253 e. The molecule has 27 heavy (non-hydrogen) atoms. The minimum Gasteiger partial charge on any atom is -0.497 e. The molecule has 0 saturated heterocycles. The molecule has 3 aromatic rings. The van der Waals surface area contributed by atoms with E-state index in [0.717, 1.165) is 16.9 Å². The molecule has 0 atom stereocenters. The molecule has 5 N–H and O–H groups in total. The van der Waals surface area contributed by atoms with Gasteiger partial charge in [0.15, 0.2) is 0 Å². The van der Waals surface area contributed by atoms with Crippen LogP contribution in [0.3, 0.4) is 0 Å². The first-order chi connectivity index (χ1) is 12.9. The van der Waals surface area contributed by atoms with E-state index in [9.17, 15) is 9.59 Å². The number of rotatable bonds is 6. The van der Waals surface area contributed by atoms with Crippen LogP contribution in [0.25, 0.3) is 0 Å². The Morgan fingerprint density at radius 3 is 2.22 bits per heavy atom. The molecule has 2 aromatic carbocycles. The maximum atomic E-state index is 12.8. The molecule has 6 nitrogen and oxygen atoms in total. The van der Waals surface area contributed by atoms with Crippen LogP contribution in [0.2, 0.25) is 0 Å². The molecule has 0 aliphatic heterocycles. The number of nitrogens with two attached hydrogens (primary N) is 2. The Morgan fingerprint density at radius 1 is 1.04 bits per heavy atom. The summed E-state index contributed by atoms with van der Waals surface area (Å²) in [4.78, 5) is 25.0. The number of amides is 1. The van der Waals surface area contributed by atoms with Gasteiger partial charge in [0.2, 0.25) is 5.78 Å². The van der Waals surface area contributed by atoms with Crippen LogP contribution >= 0.6 is 11.3 Å². The summed E-state index contributed by atoms with van der Waals surface area (Å²) in [6.45, 7) is 1.94. The van der Waals surface area contributed by atoms with E-state index in [1.807, 2.05) is 19.1 Å². The summed E-state index contributed by atoms with van der Waals surface area (Å²) in [5.41, 5.74) is 14.1. The Bertz CT molecular complexity index is 993. The molecule has 0 bridgehead atoms. The third-order valence-electron chi connectivity index (χ3n) is 4.06. The maximum absolute atomic E-state index is 12.8. The van der Waals surface area contributed by atoms with Crippen molar-refractivity contribution in [1.82, 2.24) is 0 Å². The molecule has 3 rings (SSSR count). The molecule has 0 aliphatic carbocycles. The Balaban J connectivity index is 1.99. The minimum atomic E-state index is -0.692. The molecule has 0 saturated carbocycles. The van der Waals surface area contributed by atoms with Crippen molar-refractivity contribution in [3.63, 3.8) is 0 Å². The number of nitrogens with one attached hydrogen (secondary N) is 1. The largest absolute Gasteiger partial charge is 0.497 e. The lowest BCUT2D eigenvalue weighted by molar-refractivity contribution is 0.100. The first kappa shape index (κ1) is 18.5. The third kappa shape index (κ3) is 3.78. The predicted molar refractivity (Wildman–Crippen MR) is 108 cm³/mol. The fourth-order valence-electron chi connectivity index (χ4n) is 2.59. The minimum absolute atomic E-state index is 0.0917. The van der Waals surface area contributed by atoms with Gasteiger partial charge >= 0.3 is 0 Å².